The highest BCUT2D eigenvalue weighted by molar-refractivity contribution is 5.46. The van der Waals surface area contributed by atoms with E-state index in [4.69, 9.17) is 19.9 Å². The van der Waals surface area contributed by atoms with Crippen LogP contribution in [0.5, 0.6) is 17.2 Å². The molecular formula is C10H13NO3. The lowest BCUT2D eigenvalue weighted by Crippen LogP contribution is -2.35. The van der Waals surface area contributed by atoms with Crippen molar-refractivity contribution in [3.8, 4) is 17.2 Å². The number of ether oxygens (including phenoxy) is 3. The monoisotopic (exact) mass is 195 g/mol. The van der Waals surface area contributed by atoms with Crippen molar-refractivity contribution < 1.29 is 14.2 Å². The molecule has 0 spiro atoms. The second kappa shape index (κ2) is 3.75. The Morgan fingerprint density at radius 1 is 1.50 bits per heavy atom. The summed E-state index contributed by atoms with van der Waals surface area (Å²) in [6.07, 6.45) is -0.0605. The zero-order chi connectivity index (χ0) is 9.97. The van der Waals surface area contributed by atoms with Crippen LogP contribution in [0.15, 0.2) is 18.2 Å². The third-order valence-corrected chi connectivity index (χ3v) is 2.13. The van der Waals surface area contributed by atoms with Crippen molar-refractivity contribution in [2.45, 2.75) is 6.10 Å². The summed E-state index contributed by atoms with van der Waals surface area (Å²) in [5, 5.41) is 0. The van der Waals surface area contributed by atoms with E-state index in [1.165, 1.54) is 0 Å². The number of fused-ring (bicyclic) bond motifs is 1. The smallest absolute Gasteiger partial charge is 0.165 e. The van der Waals surface area contributed by atoms with E-state index < -0.39 is 0 Å². The highest BCUT2D eigenvalue weighted by Gasteiger charge is 2.19. The third-order valence-electron chi connectivity index (χ3n) is 2.13. The largest absolute Gasteiger partial charge is 0.497 e. The number of nitrogens with two attached hydrogens (primary N) is 1. The van der Waals surface area contributed by atoms with Crippen LogP contribution < -0.4 is 19.9 Å². The fourth-order valence-corrected chi connectivity index (χ4v) is 1.34. The molecule has 1 atom stereocenters. The zero-order valence-corrected chi connectivity index (χ0v) is 8.03. The molecule has 0 fully saturated rings. The Morgan fingerprint density at radius 2 is 2.36 bits per heavy atom. The number of benzene rings is 1. The maximum Gasteiger partial charge on any atom is 0.165 e. The first-order valence-electron chi connectivity index (χ1n) is 4.51. The summed E-state index contributed by atoms with van der Waals surface area (Å²) in [6.45, 7) is 0.965. The maximum absolute atomic E-state index is 5.59. The highest BCUT2D eigenvalue weighted by Crippen LogP contribution is 2.34. The average Bonchev–Trinajstić information content (AvgIpc) is 2.27. The van der Waals surface area contributed by atoms with E-state index in [9.17, 15) is 0 Å². The van der Waals surface area contributed by atoms with E-state index in [1.807, 2.05) is 12.1 Å². The Kier molecular flexibility index (Phi) is 2.45. The Hall–Kier alpha value is -1.42. The molecule has 4 nitrogen and oxygen atoms in total. The first kappa shape index (κ1) is 9.15. The minimum absolute atomic E-state index is 0.0605. The van der Waals surface area contributed by atoms with E-state index in [0.717, 1.165) is 11.5 Å². The van der Waals surface area contributed by atoms with Crippen LogP contribution in [-0.4, -0.2) is 26.4 Å². The predicted molar refractivity (Wildman–Crippen MR) is 52.0 cm³/mol. The molecular weight excluding hydrogens is 182 g/mol. The van der Waals surface area contributed by atoms with Gasteiger partial charge < -0.3 is 19.9 Å². The average molecular weight is 195 g/mol. The van der Waals surface area contributed by atoms with Gasteiger partial charge in [0, 0.05) is 12.6 Å². The zero-order valence-electron chi connectivity index (χ0n) is 8.03. The second-order valence-electron chi connectivity index (χ2n) is 3.10. The quantitative estimate of drug-likeness (QED) is 0.758. The van der Waals surface area contributed by atoms with E-state index >= 15 is 0 Å². The van der Waals surface area contributed by atoms with E-state index in [-0.39, 0.29) is 6.10 Å². The van der Waals surface area contributed by atoms with Crippen LogP contribution in [0.4, 0.5) is 0 Å². The normalized spacial score (nSPS) is 19.1. The first-order chi connectivity index (χ1) is 6.83. The minimum atomic E-state index is -0.0605. The molecule has 0 bridgehead atoms. The Bertz CT molecular complexity index is 327. The van der Waals surface area contributed by atoms with Crippen LogP contribution in [0.2, 0.25) is 0 Å². The fraction of sp³-hybridized carbons (Fsp3) is 0.400. The van der Waals surface area contributed by atoms with Gasteiger partial charge in [-0.3, -0.25) is 0 Å². The summed E-state index contributed by atoms with van der Waals surface area (Å²) in [7, 11) is 1.62. The summed E-state index contributed by atoms with van der Waals surface area (Å²) in [6, 6.07) is 5.48. The molecule has 0 amide bonds. The van der Waals surface area contributed by atoms with Gasteiger partial charge in [0.1, 0.15) is 18.5 Å². The van der Waals surface area contributed by atoms with Crippen molar-refractivity contribution in [3.63, 3.8) is 0 Å². The Labute approximate surface area is 82.6 Å². The SMILES string of the molecule is COc1ccc2c(c1)OC(CN)CO2. The standard InChI is InChI=1S/C10H13NO3/c1-12-7-2-3-9-10(4-7)14-8(5-11)6-13-9/h2-4,8H,5-6,11H2,1H3. The van der Waals surface area contributed by atoms with Crippen LogP contribution in [-0.2, 0) is 0 Å². The van der Waals surface area contributed by atoms with Crippen LogP contribution in [0, 0.1) is 0 Å². The number of hydrogen-bond acceptors (Lipinski definition) is 4. The van der Waals surface area contributed by atoms with Gasteiger partial charge >= 0.3 is 0 Å². The molecule has 1 aromatic rings. The summed E-state index contributed by atoms with van der Waals surface area (Å²) in [4.78, 5) is 0. The van der Waals surface area contributed by atoms with Gasteiger partial charge in [-0.1, -0.05) is 0 Å². The number of rotatable bonds is 2. The van der Waals surface area contributed by atoms with Gasteiger partial charge in [-0.05, 0) is 12.1 Å². The van der Waals surface area contributed by atoms with Crippen LogP contribution in [0.1, 0.15) is 0 Å². The molecule has 14 heavy (non-hydrogen) atoms. The third kappa shape index (κ3) is 1.61. The van der Waals surface area contributed by atoms with Crippen LogP contribution in [0.3, 0.4) is 0 Å². The van der Waals surface area contributed by atoms with Gasteiger partial charge in [-0.15, -0.1) is 0 Å². The fourth-order valence-electron chi connectivity index (χ4n) is 1.34. The van der Waals surface area contributed by atoms with Crippen molar-refractivity contribution in [2.24, 2.45) is 5.73 Å². The topological polar surface area (TPSA) is 53.7 Å². The van der Waals surface area contributed by atoms with E-state index in [2.05, 4.69) is 0 Å². The van der Waals surface area contributed by atoms with E-state index in [1.54, 1.807) is 13.2 Å². The number of hydrogen-bond donors (Lipinski definition) is 1. The molecule has 4 heteroatoms. The molecule has 1 aromatic carbocycles. The van der Waals surface area contributed by atoms with Gasteiger partial charge in [0.2, 0.25) is 0 Å². The second-order valence-corrected chi connectivity index (χ2v) is 3.10. The summed E-state index contributed by atoms with van der Waals surface area (Å²) < 4.78 is 16.1. The summed E-state index contributed by atoms with van der Waals surface area (Å²) >= 11 is 0. The van der Waals surface area contributed by atoms with Crippen LogP contribution >= 0.6 is 0 Å². The van der Waals surface area contributed by atoms with Gasteiger partial charge in [0.05, 0.1) is 7.11 Å². The van der Waals surface area contributed by atoms with Gasteiger partial charge in [-0.2, -0.15) is 0 Å². The van der Waals surface area contributed by atoms with Gasteiger partial charge in [0.15, 0.2) is 11.5 Å². The van der Waals surface area contributed by atoms with Crippen molar-refractivity contribution in [3.05, 3.63) is 18.2 Å². The van der Waals surface area contributed by atoms with Gasteiger partial charge in [-0.25, -0.2) is 0 Å². The molecule has 0 saturated carbocycles. The molecule has 0 radical (unpaired) electrons. The predicted octanol–water partition coefficient (Wildman–Crippen LogP) is 0.794. The molecule has 0 aliphatic carbocycles. The molecule has 2 rings (SSSR count). The lowest BCUT2D eigenvalue weighted by atomic mass is 10.2. The molecule has 76 valence electrons. The van der Waals surface area contributed by atoms with E-state index in [0.29, 0.717) is 18.9 Å². The summed E-state index contributed by atoms with van der Waals surface area (Å²) in [5.41, 5.74) is 5.49. The van der Waals surface area contributed by atoms with Crippen molar-refractivity contribution in [1.82, 2.24) is 0 Å². The first-order valence-corrected chi connectivity index (χ1v) is 4.51. The molecule has 0 aromatic heterocycles. The lowest BCUT2D eigenvalue weighted by molar-refractivity contribution is 0.0964. The van der Waals surface area contributed by atoms with Crippen molar-refractivity contribution in [2.75, 3.05) is 20.3 Å². The summed E-state index contributed by atoms with van der Waals surface area (Å²) in [5.74, 6) is 2.20. The van der Waals surface area contributed by atoms with Crippen molar-refractivity contribution >= 4 is 0 Å². The molecule has 0 saturated heterocycles. The Morgan fingerprint density at radius 3 is 3.07 bits per heavy atom. The molecule has 1 aliphatic heterocycles. The maximum atomic E-state index is 5.59. The molecule has 1 heterocycles. The lowest BCUT2D eigenvalue weighted by Gasteiger charge is -2.25. The Balaban J connectivity index is 2.25. The van der Waals surface area contributed by atoms with Crippen molar-refractivity contribution in [1.29, 1.82) is 0 Å². The highest BCUT2D eigenvalue weighted by atomic mass is 16.6. The molecule has 1 aliphatic rings. The molecule has 1 unspecified atom stereocenters. The molecule has 2 N–H and O–H groups in total. The minimum Gasteiger partial charge on any atom is -0.497 e. The van der Waals surface area contributed by atoms with Crippen LogP contribution in [0.25, 0.3) is 0 Å². The number of methoxy groups -OCH3 is 1. The van der Waals surface area contributed by atoms with Gasteiger partial charge in [0.25, 0.3) is 0 Å².